The molecule has 0 aliphatic carbocycles. The van der Waals surface area contributed by atoms with E-state index >= 15 is 0 Å². The van der Waals surface area contributed by atoms with Crippen molar-refractivity contribution < 1.29 is 9.21 Å². The van der Waals surface area contributed by atoms with E-state index in [1.807, 2.05) is 55.5 Å². The van der Waals surface area contributed by atoms with E-state index in [1.54, 1.807) is 0 Å². The maximum absolute atomic E-state index is 12.7. The van der Waals surface area contributed by atoms with Crippen LogP contribution in [0.4, 0.5) is 0 Å². The Morgan fingerprint density at radius 3 is 2.62 bits per heavy atom. The fraction of sp³-hybridized carbons (Fsp3) is 0.348. The topological polar surface area (TPSA) is 45.5 Å². The highest BCUT2D eigenvalue weighted by molar-refractivity contribution is 6.42. The Hall–Kier alpha value is -2.01. The van der Waals surface area contributed by atoms with E-state index in [4.69, 9.17) is 27.6 Å². The van der Waals surface area contributed by atoms with Crippen molar-refractivity contribution >= 4 is 40.1 Å². The van der Waals surface area contributed by atoms with Crippen molar-refractivity contribution in [1.29, 1.82) is 0 Å². The summed E-state index contributed by atoms with van der Waals surface area (Å²) in [6, 6.07) is 15.8. The van der Waals surface area contributed by atoms with E-state index < -0.39 is 0 Å². The van der Waals surface area contributed by atoms with Crippen molar-refractivity contribution in [2.75, 3.05) is 13.1 Å². The number of para-hydroxylation sites is 1. The molecule has 1 saturated heterocycles. The van der Waals surface area contributed by atoms with Crippen LogP contribution in [0.3, 0.4) is 0 Å². The summed E-state index contributed by atoms with van der Waals surface area (Å²) in [5.41, 5.74) is 1.97. The lowest BCUT2D eigenvalue weighted by Gasteiger charge is -2.32. The number of furan rings is 1. The number of nitrogens with one attached hydrogen (secondary N) is 1. The minimum Gasteiger partial charge on any atom is -0.460 e. The molecule has 0 radical (unpaired) electrons. The maximum Gasteiger partial charge on any atom is 0.230 e. The summed E-state index contributed by atoms with van der Waals surface area (Å²) in [4.78, 5) is 15.1. The third kappa shape index (κ3) is 4.77. The molecular weight excluding hydrogens is 407 g/mol. The standard InChI is InChI=1S/C23H24Cl2N2O2/c1-15(22-13-17-4-2-3-5-21(17)29-22)23(28)26-18-8-10-27(11-9-18)14-16-6-7-19(24)20(25)12-16/h2-7,12-13,15,18H,8-11,14H2,1H3,(H,26,28). The number of benzene rings is 2. The minimum atomic E-state index is -0.309. The molecule has 3 aromatic rings. The fourth-order valence-electron chi connectivity index (χ4n) is 3.80. The third-order valence-corrected chi connectivity index (χ3v) is 6.33. The van der Waals surface area contributed by atoms with Crippen LogP contribution in [0, 0.1) is 0 Å². The number of likely N-dealkylation sites (tertiary alicyclic amines) is 1. The molecule has 0 spiro atoms. The molecule has 1 aliphatic rings. The summed E-state index contributed by atoms with van der Waals surface area (Å²) in [7, 11) is 0. The lowest BCUT2D eigenvalue weighted by molar-refractivity contribution is -0.123. The number of hydrogen-bond acceptors (Lipinski definition) is 3. The Labute approximate surface area is 180 Å². The zero-order valence-electron chi connectivity index (χ0n) is 16.3. The number of piperidine rings is 1. The molecule has 1 aromatic heterocycles. The molecule has 4 nitrogen and oxygen atoms in total. The average Bonchev–Trinajstić information content (AvgIpc) is 3.16. The Morgan fingerprint density at radius 2 is 1.90 bits per heavy atom. The third-order valence-electron chi connectivity index (χ3n) is 5.59. The predicted octanol–water partition coefficient (Wildman–Crippen LogP) is 5.62. The molecule has 6 heteroatoms. The number of hydrogen-bond donors (Lipinski definition) is 1. The normalized spacial score (nSPS) is 16.8. The van der Waals surface area contributed by atoms with E-state index in [9.17, 15) is 4.79 Å². The quantitative estimate of drug-likeness (QED) is 0.570. The lowest BCUT2D eigenvalue weighted by atomic mass is 10.0. The van der Waals surface area contributed by atoms with Crippen molar-refractivity contribution in [3.63, 3.8) is 0 Å². The van der Waals surface area contributed by atoms with Crippen molar-refractivity contribution in [2.45, 2.75) is 38.3 Å². The largest absolute Gasteiger partial charge is 0.460 e. The van der Waals surface area contributed by atoms with Gasteiger partial charge in [0.1, 0.15) is 11.3 Å². The van der Waals surface area contributed by atoms with Gasteiger partial charge in [0.15, 0.2) is 0 Å². The highest BCUT2D eigenvalue weighted by Crippen LogP contribution is 2.26. The molecule has 1 unspecified atom stereocenters. The number of rotatable bonds is 5. The summed E-state index contributed by atoms with van der Waals surface area (Å²) < 4.78 is 5.85. The minimum absolute atomic E-state index is 0.0204. The number of carbonyl (C=O) groups is 1. The van der Waals surface area contributed by atoms with E-state index in [0.717, 1.165) is 49.0 Å². The first kappa shape index (κ1) is 20.3. The van der Waals surface area contributed by atoms with Crippen LogP contribution in [0.5, 0.6) is 0 Å². The molecule has 2 aromatic carbocycles. The van der Waals surface area contributed by atoms with E-state index in [0.29, 0.717) is 15.8 Å². The van der Waals surface area contributed by atoms with Crippen LogP contribution in [0.1, 0.15) is 37.0 Å². The molecule has 1 aliphatic heterocycles. The van der Waals surface area contributed by atoms with Crippen LogP contribution < -0.4 is 5.32 Å². The van der Waals surface area contributed by atoms with Crippen LogP contribution in [0.2, 0.25) is 10.0 Å². The molecule has 0 bridgehead atoms. The number of fused-ring (bicyclic) bond motifs is 1. The summed E-state index contributed by atoms with van der Waals surface area (Å²) in [5, 5.41) is 5.39. The molecule has 29 heavy (non-hydrogen) atoms. The number of nitrogens with zero attached hydrogens (tertiary/aromatic N) is 1. The van der Waals surface area contributed by atoms with Gasteiger partial charge in [0.2, 0.25) is 5.91 Å². The highest BCUT2D eigenvalue weighted by atomic mass is 35.5. The van der Waals surface area contributed by atoms with Gasteiger partial charge in [0, 0.05) is 31.1 Å². The van der Waals surface area contributed by atoms with E-state index in [-0.39, 0.29) is 17.9 Å². The summed E-state index contributed by atoms with van der Waals surface area (Å²) >= 11 is 12.1. The summed E-state index contributed by atoms with van der Waals surface area (Å²) in [5.74, 6) is 0.421. The second-order valence-corrected chi connectivity index (χ2v) is 8.53. The van der Waals surface area contributed by atoms with Crippen LogP contribution >= 0.6 is 23.2 Å². The van der Waals surface area contributed by atoms with Gasteiger partial charge in [-0.1, -0.05) is 47.5 Å². The Balaban J connectivity index is 1.29. The van der Waals surface area contributed by atoms with Gasteiger partial charge in [-0.3, -0.25) is 9.69 Å². The Morgan fingerprint density at radius 1 is 1.14 bits per heavy atom. The zero-order chi connectivity index (χ0) is 20.4. The molecule has 152 valence electrons. The monoisotopic (exact) mass is 430 g/mol. The van der Waals surface area contributed by atoms with Crippen molar-refractivity contribution in [2.24, 2.45) is 0 Å². The second kappa shape index (κ2) is 8.78. The number of carbonyl (C=O) groups excluding carboxylic acids is 1. The number of halogens is 2. The van der Waals surface area contributed by atoms with Gasteiger partial charge in [-0.15, -0.1) is 0 Å². The van der Waals surface area contributed by atoms with Crippen molar-refractivity contribution in [3.05, 3.63) is 69.9 Å². The average molecular weight is 431 g/mol. The van der Waals surface area contributed by atoms with Crippen LogP contribution in [0.25, 0.3) is 11.0 Å². The maximum atomic E-state index is 12.7. The molecule has 2 heterocycles. The molecule has 0 saturated carbocycles. The Bertz CT molecular complexity index is 976. The van der Waals surface area contributed by atoms with Gasteiger partial charge in [0.25, 0.3) is 0 Å². The van der Waals surface area contributed by atoms with Crippen molar-refractivity contribution in [1.82, 2.24) is 10.2 Å². The molecule has 4 rings (SSSR count). The smallest absolute Gasteiger partial charge is 0.230 e. The van der Waals surface area contributed by atoms with Crippen molar-refractivity contribution in [3.8, 4) is 0 Å². The lowest BCUT2D eigenvalue weighted by Crippen LogP contribution is -2.45. The van der Waals surface area contributed by atoms with Crippen LogP contribution in [0.15, 0.2) is 52.9 Å². The SMILES string of the molecule is CC(C(=O)NC1CCN(Cc2ccc(Cl)c(Cl)c2)CC1)c1cc2ccccc2o1. The first-order chi connectivity index (χ1) is 14.0. The highest BCUT2D eigenvalue weighted by Gasteiger charge is 2.25. The van der Waals surface area contributed by atoms with Gasteiger partial charge < -0.3 is 9.73 Å². The molecular formula is C23H24Cl2N2O2. The zero-order valence-corrected chi connectivity index (χ0v) is 17.8. The number of amides is 1. The first-order valence-corrected chi connectivity index (χ1v) is 10.7. The molecule has 1 N–H and O–H groups in total. The molecule has 1 atom stereocenters. The van der Waals surface area contributed by atoms with Crippen LogP contribution in [-0.4, -0.2) is 29.9 Å². The van der Waals surface area contributed by atoms with E-state index in [2.05, 4.69) is 10.2 Å². The van der Waals surface area contributed by atoms with Gasteiger partial charge in [-0.05, 0) is 49.6 Å². The van der Waals surface area contributed by atoms with Gasteiger partial charge in [-0.25, -0.2) is 0 Å². The first-order valence-electron chi connectivity index (χ1n) is 9.95. The summed E-state index contributed by atoms with van der Waals surface area (Å²) in [6.07, 6.45) is 1.86. The van der Waals surface area contributed by atoms with Gasteiger partial charge in [0.05, 0.1) is 16.0 Å². The van der Waals surface area contributed by atoms with Gasteiger partial charge in [-0.2, -0.15) is 0 Å². The molecule has 1 fully saturated rings. The Kier molecular flexibility index (Phi) is 6.14. The molecule has 1 amide bonds. The van der Waals surface area contributed by atoms with E-state index in [1.165, 1.54) is 0 Å². The summed E-state index contributed by atoms with van der Waals surface area (Å²) in [6.45, 7) is 4.60. The van der Waals surface area contributed by atoms with Gasteiger partial charge >= 0.3 is 0 Å². The second-order valence-electron chi connectivity index (χ2n) is 7.72. The predicted molar refractivity (Wildman–Crippen MR) is 118 cm³/mol. The van der Waals surface area contributed by atoms with Crippen LogP contribution in [-0.2, 0) is 11.3 Å². The fourth-order valence-corrected chi connectivity index (χ4v) is 4.12.